The Morgan fingerprint density at radius 1 is 1.06 bits per heavy atom. The number of rotatable bonds is 6. The average molecular weight is 485 g/mol. The van der Waals surface area contributed by atoms with Crippen molar-refractivity contribution in [3.8, 4) is 0 Å². The zero-order valence-electron chi connectivity index (χ0n) is 24.6. The molecule has 4 aliphatic rings. The summed E-state index contributed by atoms with van der Waals surface area (Å²) in [6.45, 7) is 24.3. The van der Waals surface area contributed by atoms with Crippen molar-refractivity contribution in [2.75, 3.05) is 13.7 Å². The van der Waals surface area contributed by atoms with E-state index in [1.807, 2.05) is 7.11 Å². The zero-order valence-corrected chi connectivity index (χ0v) is 24.6. The summed E-state index contributed by atoms with van der Waals surface area (Å²) in [5.74, 6) is 2.40. The predicted octanol–water partition coefficient (Wildman–Crippen LogP) is 8.60. The van der Waals surface area contributed by atoms with E-state index in [0.29, 0.717) is 47.2 Å². The van der Waals surface area contributed by atoms with Crippen LogP contribution in [0, 0.1) is 50.7 Å². The van der Waals surface area contributed by atoms with Crippen molar-refractivity contribution in [2.45, 2.75) is 119 Å². The van der Waals surface area contributed by atoms with E-state index in [0.717, 1.165) is 12.8 Å². The third kappa shape index (κ3) is 4.03. The van der Waals surface area contributed by atoms with E-state index in [1.165, 1.54) is 50.5 Å². The summed E-state index contributed by atoms with van der Waals surface area (Å²) in [4.78, 5) is 0. The Morgan fingerprint density at radius 3 is 2.34 bits per heavy atom. The van der Waals surface area contributed by atoms with Crippen LogP contribution in [0.15, 0.2) is 23.8 Å². The smallest absolute Gasteiger partial charge is 0.0625 e. The first-order valence-electron chi connectivity index (χ1n) is 14.7. The Labute approximate surface area is 217 Å². The molecule has 35 heavy (non-hydrogen) atoms. The van der Waals surface area contributed by atoms with Gasteiger partial charge in [0.2, 0.25) is 0 Å². The van der Waals surface area contributed by atoms with Crippen LogP contribution in [0.5, 0.6) is 0 Å². The van der Waals surface area contributed by atoms with Crippen LogP contribution in [0.1, 0.15) is 113 Å². The molecule has 2 nitrogen and oxygen atoms in total. The molecule has 0 unspecified atom stereocenters. The van der Waals surface area contributed by atoms with Gasteiger partial charge in [0, 0.05) is 13.7 Å². The molecule has 3 fully saturated rings. The molecule has 0 aromatic carbocycles. The maximum atomic E-state index is 10.6. The summed E-state index contributed by atoms with van der Waals surface area (Å²) in [6, 6.07) is 0. The fourth-order valence-corrected chi connectivity index (χ4v) is 10.1. The summed E-state index contributed by atoms with van der Waals surface area (Å²) < 4.78 is 6.01. The summed E-state index contributed by atoms with van der Waals surface area (Å²) in [5, 5.41) is 10.6. The fraction of sp³-hybridized carbons (Fsp3) is 0.879. The van der Waals surface area contributed by atoms with Crippen molar-refractivity contribution in [2.24, 2.45) is 50.7 Å². The highest BCUT2D eigenvalue weighted by Gasteiger charge is 2.65. The maximum absolute atomic E-state index is 10.6. The highest BCUT2D eigenvalue weighted by molar-refractivity contribution is 5.33. The first-order chi connectivity index (χ1) is 16.2. The van der Waals surface area contributed by atoms with Crippen LogP contribution < -0.4 is 0 Å². The molecule has 4 rings (SSSR count). The number of fused-ring (bicyclic) bond motifs is 5. The van der Waals surface area contributed by atoms with Crippen molar-refractivity contribution >= 4 is 0 Å². The zero-order chi connectivity index (χ0) is 26.0. The molecule has 200 valence electrons. The molecule has 0 amide bonds. The molecule has 1 N–H and O–H groups in total. The van der Waals surface area contributed by atoms with Gasteiger partial charge in [-0.3, -0.25) is 0 Å². The minimum atomic E-state index is 0.153. The highest BCUT2D eigenvalue weighted by atomic mass is 16.5. The van der Waals surface area contributed by atoms with Gasteiger partial charge in [0.05, 0.1) is 6.10 Å². The van der Waals surface area contributed by atoms with Crippen LogP contribution in [0.2, 0.25) is 0 Å². The molecular formula is C33H56O2. The van der Waals surface area contributed by atoms with Crippen LogP contribution in [0.3, 0.4) is 0 Å². The number of aliphatic hydroxyl groups is 1. The third-order valence-corrected chi connectivity index (χ3v) is 12.8. The lowest BCUT2D eigenvalue weighted by Gasteiger charge is -2.64. The van der Waals surface area contributed by atoms with E-state index < -0.39 is 0 Å². The van der Waals surface area contributed by atoms with Gasteiger partial charge in [-0.1, -0.05) is 79.2 Å². The van der Waals surface area contributed by atoms with E-state index in [4.69, 9.17) is 4.74 Å². The first-order valence-corrected chi connectivity index (χ1v) is 14.7. The molecule has 0 aliphatic heterocycles. The van der Waals surface area contributed by atoms with Gasteiger partial charge in [-0.25, -0.2) is 0 Å². The summed E-state index contributed by atoms with van der Waals surface area (Å²) in [7, 11) is 1.92. The molecule has 0 heterocycles. The largest absolute Gasteiger partial charge is 0.396 e. The van der Waals surface area contributed by atoms with Crippen molar-refractivity contribution in [1.29, 1.82) is 0 Å². The van der Waals surface area contributed by atoms with Crippen molar-refractivity contribution in [3.05, 3.63) is 23.8 Å². The lowest BCUT2D eigenvalue weighted by molar-refractivity contribution is -0.130. The first kappa shape index (κ1) is 27.4. The highest BCUT2D eigenvalue weighted by Crippen LogP contribution is 2.73. The van der Waals surface area contributed by atoms with Gasteiger partial charge in [-0.15, -0.1) is 0 Å². The predicted molar refractivity (Wildman–Crippen MR) is 148 cm³/mol. The van der Waals surface area contributed by atoms with Crippen LogP contribution in [0.4, 0.5) is 0 Å². The van der Waals surface area contributed by atoms with Gasteiger partial charge in [0.15, 0.2) is 0 Å². The molecule has 0 spiro atoms. The monoisotopic (exact) mass is 484 g/mol. The Hall–Kier alpha value is -0.600. The lowest BCUT2D eigenvalue weighted by Crippen LogP contribution is -2.58. The van der Waals surface area contributed by atoms with Gasteiger partial charge >= 0.3 is 0 Å². The molecule has 8 atom stereocenters. The van der Waals surface area contributed by atoms with Crippen molar-refractivity contribution in [3.63, 3.8) is 0 Å². The van der Waals surface area contributed by atoms with Gasteiger partial charge in [-0.05, 0) is 109 Å². The number of methoxy groups -OCH3 is 1. The van der Waals surface area contributed by atoms with E-state index in [1.54, 1.807) is 5.57 Å². The van der Waals surface area contributed by atoms with E-state index in [9.17, 15) is 5.11 Å². The number of hydrogen-bond acceptors (Lipinski definition) is 2. The number of ether oxygens (including phenoxy) is 1. The van der Waals surface area contributed by atoms with Gasteiger partial charge < -0.3 is 9.84 Å². The Bertz CT molecular complexity index is 846. The fourth-order valence-electron chi connectivity index (χ4n) is 10.1. The molecule has 4 aliphatic carbocycles. The second kappa shape index (κ2) is 9.00. The van der Waals surface area contributed by atoms with Crippen molar-refractivity contribution in [1.82, 2.24) is 0 Å². The second-order valence-corrected chi connectivity index (χ2v) is 15.4. The average Bonchev–Trinajstić information content (AvgIpc) is 3.05. The molecule has 2 heteroatoms. The maximum Gasteiger partial charge on any atom is 0.0625 e. The number of hydrogen-bond donors (Lipinski definition) is 1. The second-order valence-electron chi connectivity index (χ2n) is 15.4. The van der Waals surface area contributed by atoms with Crippen LogP contribution in [0.25, 0.3) is 0 Å². The van der Waals surface area contributed by atoms with E-state index in [2.05, 4.69) is 68.0 Å². The van der Waals surface area contributed by atoms with E-state index >= 15 is 0 Å². The summed E-state index contributed by atoms with van der Waals surface area (Å²) in [6.07, 6.45) is 14.1. The quantitative estimate of drug-likeness (QED) is 0.382. The Balaban J connectivity index is 1.61. The minimum Gasteiger partial charge on any atom is -0.396 e. The molecular weight excluding hydrogens is 428 g/mol. The minimum absolute atomic E-state index is 0.153. The molecule has 3 saturated carbocycles. The van der Waals surface area contributed by atoms with Crippen molar-refractivity contribution < 1.29 is 9.84 Å². The van der Waals surface area contributed by atoms with E-state index in [-0.39, 0.29) is 16.2 Å². The third-order valence-electron chi connectivity index (χ3n) is 12.8. The van der Waals surface area contributed by atoms with Crippen LogP contribution in [-0.4, -0.2) is 24.9 Å². The summed E-state index contributed by atoms with van der Waals surface area (Å²) >= 11 is 0. The van der Waals surface area contributed by atoms with Crippen LogP contribution >= 0.6 is 0 Å². The molecule has 0 radical (unpaired) electrons. The standard InChI is InChI=1S/C33H56O2/c1-22(29(2,3)4)11-12-23(21-34)24-15-19-33(9)26-13-14-27-30(5,6)28(35-10)17-18-31(27,7)25(26)16-20-32(24,33)8/h16,23-24,26-28,34H,1,11-15,17-21H2,2-10H3/t23-,24+,26+,27-,28-,31+,32+,33-/m0/s1. The molecule has 0 aromatic heterocycles. The lowest BCUT2D eigenvalue weighted by atomic mass is 9.41. The molecule has 0 saturated heterocycles. The summed E-state index contributed by atoms with van der Waals surface area (Å²) in [5.41, 5.74) is 4.44. The number of allylic oxidation sites excluding steroid dienone is 3. The molecule has 0 aromatic rings. The van der Waals surface area contributed by atoms with Gasteiger partial charge in [0.25, 0.3) is 0 Å². The van der Waals surface area contributed by atoms with Gasteiger partial charge in [-0.2, -0.15) is 0 Å². The normalized spacial score (nSPS) is 43.5. The Kier molecular flexibility index (Phi) is 7.06. The Morgan fingerprint density at radius 2 is 1.74 bits per heavy atom. The SMILES string of the molecule is C=C(CC[C@@H](CO)[C@H]1CC[C@@]2(C)[C@@H]3CC[C@H]4C(C)(C)[C@@H](OC)CC[C@]4(C)C3=CC[C@]12C)C(C)(C)C. The van der Waals surface area contributed by atoms with Gasteiger partial charge in [0.1, 0.15) is 0 Å². The topological polar surface area (TPSA) is 29.5 Å². The van der Waals surface area contributed by atoms with Crippen LogP contribution in [-0.2, 0) is 4.74 Å². The molecule has 0 bridgehead atoms. The number of aliphatic hydroxyl groups excluding tert-OH is 1.